The van der Waals surface area contributed by atoms with Crippen LogP contribution in [0.25, 0.3) is 0 Å². The lowest BCUT2D eigenvalue weighted by molar-refractivity contribution is -0.285. The molecule has 466 valence electrons. The molecule has 4 aromatic rings. The predicted molar refractivity (Wildman–Crippen MR) is 350 cm³/mol. The number of aryl methyl sites for hydroxylation is 2. The number of aromatic hydroxyl groups is 4. The van der Waals surface area contributed by atoms with Crippen molar-refractivity contribution in [3.8, 4) is 28.7 Å². The Bertz CT molecular complexity index is 2690. The van der Waals surface area contributed by atoms with Crippen molar-refractivity contribution >= 4 is 5.97 Å². The summed E-state index contributed by atoms with van der Waals surface area (Å²) in [5.41, 5.74) is 9.40. The first-order valence-corrected chi connectivity index (χ1v) is 31.2. The van der Waals surface area contributed by atoms with Gasteiger partial charge >= 0.3 is 5.97 Å². The highest BCUT2D eigenvalue weighted by molar-refractivity contribution is 5.84. The van der Waals surface area contributed by atoms with Crippen molar-refractivity contribution in [1.29, 1.82) is 0 Å². The Morgan fingerprint density at radius 2 is 0.940 bits per heavy atom. The van der Waals surface area contributed by atoms with Crippen molar-refractivity contribution in [2.75, 3.05) is 0 Å². The topological polar surface area (TPSA) is 137 Å². The lowest BCUT2D eigenvalue weighted by Crippen LogP contribution is -2.27. The molecule has 0 saturated heterocycles. The van der Waals surface area contributed by atoms with Crippen LogP contribution in [0, 0.1) is 36.5 Å². The summed E-state index contributed by atoms with van der Waals surface area (Å²) in [6, 6.07) is 15.8. The molecule has 8 nitrogen and oxygen atoms in total. The number of carbonyl (C=O) groups is 1. The molecule has 1 atom stereocenters. The van der Waals surface area contributed by atoms with E-state index >= 15 is 0 Å². The van der Waals surface area contributed by atoms with Gasteiger partial charge in [0.25, 0.3) is 0 Å². The van der Waals surface area contributed by atoms with E-state index in [1.165, 1.54) is 57.4 Å². The summed E-state index contributed by atoms with van der Waals surface area (Å²) in [4.78, 5) is 17.1. The van der Waals surface area contributed by atoms with Gasteiger partial charge in [-0.1, -0.05) is 253 Å². The molecule has 4 aromatic carbocycles. The molecule has 0 amide bonds. The number of unbranched alkanes of at least 4 members (excludes halogenated alkanes) is 2. The van der Waals surface area contributed by atoms with Gasteiger partial charge in [0.1, 0.15) is 34.9 Å². The fraction of sp³-hybridized carbons (Fsp3) is 0.640. The van der Waals surface area contributed by atoms with Gasteiger partial charge in [0, 0.05) is 29.2 Å². The minimum absolute atomic E-state index is 0.149. The zero-order chi connectivity index (χ0) is 63.8. The predicted octanol–water partition coefficient (Wildman–Crippen LogP) is 21.1. The molecule has 0 bridgehead atoms. The Kier molecular flexibility index (Phi) is 24.6. The number of hydrogen-bond acceptors (Lipinski definition) is 8. The molecule has 0 heterocycles. The Labute approximate surface area is 506 Å². The summed E-state index contributed by atoms with van der Waals surface area (Å²) in [5, 5.41) is 53.2. The first-order valence-electron chi connectivity index (χ1n) is 31.2. The quantitative estimate of drug-likeness (QED) is 0.0142. The third-order valence-corrected chi connectivity index (χ3v) is 16.5. The van der Waals surface area contributed by atoms with Gasteiger partial charge in [0.2, 0.25) is 0 Å². The fourth-order valence-corrected chi connectivity index (χ4v) is 13.0. The largest absolute Gasteiger partial charge is 0.508 e. The van der Waals surface area contributed by atoms with Gasteiger partial charge in [-0.3, -0.25) is 5.26 Å². The van der Waals surface area contributed by atoms with Crippen molar-refractivity contribution in [2.45, 2.75) is 289 Å². The zero-order valence-corrected chi connectivity index (χ0v) is 57.1. The van der Waals surface area contributed by atoms with Crippen LogP contribution < -0.4 is 4.74 Å². The molecule has 1 aliphatic rings. The average Bonchev–Trinajstić information content (AvgIpc) is 2.74. The maximum Gasteiger partial charge on any atom is 0.335 e. The van der Waals surface area contributed by atoms with Gasteiger partial charge in [0.15, 0.2) is 0 Å². The number of ether oxygens (including phenoxy) is 1. The molecular weight excluding hydrogens is 1030 g/mol. The third kappa shape index (κ3) is 21.6. The van der Waals surface area contributed by atoms with E-state index in [2.05, 4.69) is 172 Å². The Balaban J connectivity index is 0.000000329. The summed E-state index contributed by atoms with van der Waals surface area (Å²) < 4.78 is 5.71. The summed E-state index contributed by atoms with van der Waals surface area (Å²) >= 11 is 0. The van der Waals surface area contributed by atoms with Crippen LogP contribution in [0.4, 0.5) is 0 Å². The molecule has 1 saturated carbocycles. The van der Waals surface area contributed by atoms with E-state index in [-0.39, 0.29) is 49.4 Å². The van der Waals surface area contributed by atoms with E-state index in [4.69, 9.17) is 9.62 Å². The normalized spacial score (nSPS) is 16.1. The number of phenols is 4. The molecule has 5 N–H and O–H groups in total. The van der Waals surface area contributed by atoms with Crippen molar-refractivity contribution in [3.63, 3.8) is 0 Å². The van der Waals surface area contributed by atoms with E-state index in [9.17, 15) is 30.5 Å². The Hall–Kier alpha value is -4.79. The maximum atomic E-state index is 12.1. The highest BCUT2D eigenvalue weighted by Crippen LogP contribution is 2.48. The minimum atomic E-state index is -0.482. The standard InChI is InChI=1S/C27H46O3.C26H34O3.C22H38O2/c1-8-9-10-11-19-12-14-20(15-13-19)16-24(30-29)21-17-22(26(2,3)4)25(28)23(18-21)27(5,6)7;1-10-22(27)29-24-19(12-17(3)14-21(24)26(7,8)9)15-18-11-16(2)13-20(23(18)28)25(4,5)6;1-19(2,3)13-21(7,8)15-11-18(24)16(12-17(15)23)22(9,10)14-20(4,5)6/h17-20,24,28-29H,8-16H2,1-7H3;10-14,28H,1,15H2,2-9H3;11-12,23-24H,13-14H2,1-10H3. The van der Waals surface area contributed by atoms with E-state index in [0.29, 0.717) is 41.1 Å². The summed E-state index contributed by atoms with van der Waals surface area (Å²) in [6.45, 7) is 56.9. The molecular formula is C75H118O8. The second kappa shape index (κ2) is 28.2. The second-order valence-corrected chi connectivity index (χ2v) is 32.7. The summed E-state index contributed by atoms with van der Waals surface area (Å²) in [5.74, 6) is 2.82. The lowest BCUT2D eigenvalue weighted by Gasteiger charge is -2.36. The molecule has 0 aliphatic heterocycles. The number of carbonyl (C=O) groups excluding carboxylic acids is 1. The molecule has 5 rings (SSSR count). The highest BCUT2D eigenvalue weighted by Gasteiger charge is 2.36. The van der Waals surface area contributed by atoms with Crippen LogP contribution >= 0.6 is 0 Å². The van der Waals surface area contributed by atoms with Gasteiger partial charge in [-0.25, -0.2) is 9.68 Å². The van der Waals surface area contributed by atoms with Crippen molar-refractivity contribution < 1.29 is 40.1 Å². The van der Waals surface area contributed by atoms with Crippen LogP contribution in [0.1, 0.15) is 297 Å². The van der Waals surface area contributed by atoms with Gasteiger partial charge in [-0.2, -0.15) is 0 Å². The molecule has 0 aromatic heterocycles. The van der Waals surface area contributed by atoms with Crippen molar-refractivity contribution in [3.05, 3.63) is 122 Å². The van der Waals surface area contributed by atoms with E-state index < -0.39 is 5.97 Å². The molecule has 0 radical (unpaired) electrons. The fourth-order valence-electron chi connectivity index (χ4n) is 13.0. The van der Waals surface area contributed by atoms with Gasteiger partial charge in [0.05, 0.1) is 0 Å². The third-order valence-electron chi connectivity index (χ3n) is 16.5. The van der Waals surface area contributed by atoms with Crippen molar-refractivity contribution in [1.82, 2.24) is 0 Å². The SMILES string of the molecule is C=CC(=O)Oc1c(Cc2cc(C)cc(C(C)(C)C)c2O)cc(C)cc1C(C)(C)C.CC(C)(C)CC(C)(C)c1cc(O)c(C(C)(C)CC(C)(C)C)cc1O.CCCCCC1CCC(CC(OO)c2cc(C(C)(C)C)c(O)c(C(C)(C)C)c2)CC1. The van der Waals surface area contributed by atoms with Crippen LogP contribution in [0.5, 0.6) is 28.7 Å². The van der Waals surface area contributed by atoms with Gasteiger partial charge < -0.3 is 25.2 Å². The summed E-state index contributed by atoms with van der Waals surface area (Å²) in [7, 11) is 0. The van der Waals surface area contributed by atoms with Crippen LogP contribution in [0.3, 0.4) is 0 Å². The average molecular weight is 1150 g/mol. The lowest BCUT2D eigenvalue weighted by atomic mass is 9.69. The molecule has 0 spiro atoms. The van der Waals surface area contributed by atoms with E-state index in [0.717, 1.165) is 86.4 Å². The highest BCUT2D eigenvalue weighted by atomic mass is 17.1. The summed E-state index contributed by atoms with van der Waals surface area (Å²) in [6.07, 6.45) is 14.5. The molecule has 8 heteroatoms. The molecule has 1 unspecified atom stereocenters. The van der Waals surface area contributed by atoms with E-state index in [1.807, 2.05) is 44.2 Å². The molecule has 83 heavy (non-hydrogen) atoms. The van der Waals surface area contributed by atoms with Crippen molar-refractivity contribution in [2.24, 2.45) is 22.7 Å². The number of phenolic OH excluding ortho intramolecular Hbond substituents is 4. The monoisotopic (exact) mass is 1150 g/mol. The number of esters is 1. The zero-order valence-electron chi connectivity index (χ0n) is 57.1. The maximum absolute atomic E-state index is 12.1. The first-order chi connectivity index (χ1) is 37.6. The van der Waals surface area contributed by atoms with Gasteiger partial charge in [-0.05, 0) is 146 Å². The van der Waals surface area contributed by atoms with Crippen LogP contribution in [-0.4, -0.2) is 31.7 Å². The second-order valence-electron chi connectivity index (χ2n) is 32.7. The Morgan fingerprint density at radius 1 is 0.542 bits per heavy atom. The molecule has 1 aliphatic carbocycles. The number of hydrogen-bond donors (Lipinski definition) is 5. The first kappa shape index (κ1) is 72.5. The smallest absolute Gasteiger partial charge is 0.335 e. The molecule has 1 fully saturated rings. The van der Waals surface area contributed by atoms with Gasteiger partial charge in [-0.15, -0.1) is 0 Å². The van der Waals surface area contributed by atoms with Crippen LogP contribution in [0.15, 0.2) is 61.2 Å². The minimum Gasteiger partial charge on any atom is -0.508 e. The van der Waals surface area contributed by atoms with E-state index in [1.54, 1.807) is 12.1 Å². The number of benzene rings is 4. The van der Waals surface area contributed by atoms with Crippen LogP contribution in [0.2, 0.25) is 0 Å². The Morgan fingerprint density at radius 3 is 1.33 bits per heavy atom. The van der Waals surface area contributed by atoms with Crippen LogP contribution in [-0.2, 0) is 48.6 Å². The number of rotatable bonds is 16.